The fraction of sp³-hybridized carbons (Fsp3) is 0.263. The number of benzene rings is 2. The number of methoxy groups -OCH3 is 1. The zero-order valence-electron chi connectivity index (χ0n) is 13.5. The molecule has 0 aliphatic heterocycles. The van der Waals surface area contributed by atoms with Crippen molar-refractivity contribution in [1.82, 2.24) is 5.32 Å². The molecular weight excluding hydrogens is 290 g/mol. The third-order valence-electron chi connectivity index (χ3n) is 4.47. The van der Waals surface area contributed by atoms with E-state index in [0.717, 1.165) is 11.1 Å². The Bertz CT molecular complexity index is 793. The van der Waals surface area contributed by atoms with Crippen molar-refractivity contribution in [2.24, 2.45) is 0 Å². The molecule has 1 aliphatic rings. The lowest BCUT2D eigenvalue weighted by Gasteiger charge is -2.21. The molecular formula is C19H19NO3. The van der Waals surface area contributed by atoms with Crippen molar-refractivity contribution < 1.29 is 14.3 Å². The van der Waals surface area contributed by atoms with Gasteiger partial charge in [0.1, 0.15) is 6.54 Å². The zero-order valence-corrected chi connectivity index (χ0v) is 13.5. The van der Waals surface area contributed by atoms with Crippen LogP contribution in [0.2, 0.25) is 0 Å². The second-order valence-electron chi connectivity index (χ2n) is 6.19. The predicted molar refractivity (Wildman–Crippen MR) is 88.4 cm³/mol. The van der Waals surface area contributed by atoms with E-state index in [1.165, 1.54) is 18.2 Å². The number of carbonyl (C=O) groups is 2. The van der Waals surface area contributed by atoms with Crippen LogP contribution in [0.3, 0.4) is 0 Å². The third kappa shape index (κ3) is 2.50. The number of rotatable bonds is 3. The molecule has 0 spiro atoms. The van der Waals surface area contributed by atoms with Crippen LogP contribution in [-0.2, 0) is 14.9 Å². The Labute approximate surface area is 135 Å². The van der Waals surface area contributed by atoms with E-state index >= 15 is 0 Å². The van der Waals surface area contributed by atoms with E-state index in [2.05, 4.69) is 36.0 Å². The largest absolute Gasteiger partial charge is 0.468 e. The summed E-state index contributed by atoms with van der Waals surface area (Å²) in [6.07, 6.45) is 0. The topological polar surface area (TPSA) is 55.4 Å². The van der Waals surface area contributed by atoms with Gasteiger partial charge in [0.2, 0.25) is 0 Å². The molecule has 4 nitrogen and oxygen atoms in total. The Kier molecular flexibility index (Phi) is 3.68. The van der Waals surface area contributed by atoms with E-state index in [0.29, 0.717) is 5.56 Å². The summed E-state index contributed by atoms with van der Waals surface area (Å²) in [5.74, 6) is -0.744. The minimum absolute atomic E-state index is 0.0764. The number of hydrogen-bond donors (Lipinski definition) is 1. The second kappa shape index (κ2) is 5.54. The summed E-state index contributed by atoms with van der Waals surface area (Å²) < 4.78 is 4.53. The average molecular weight is 309 g/mol. The van der Waals surface area contributed by atoms with Gasteiger partial charge in [-0.25, -0.2) is 0 Å². The van der Waals surface area contributed by atoms with Crippen molar-refractivity contribution in [3.8, 4) is 11.1 Å². The first-order chi connectivity index (χ1) is 10.9. The molecule has 3 rings (SSSR count). The number of fused-ring (bicyclic) bond motifs is 3. The Morgan fingerprint density at radius 1 is 1.04 bits per heavy atom. The number of amides is 1. The molecule has 0 saturated heterocycles. The normalized spacial score (nSPS) is 13.9. The van der Waals surface area contributed by atoms with Crippen molar-refractivity contribution in [1.29, 1.82) is 0 Å². The van der Waals surface area contributed by atoms with E-state index in [4.69, 9.17) is 0 Å². The highest BCUT2D eigenvalue weighted by Crippen LogP contribution is 2.48. The molecule has 0 atom stereocenters. The van der Waals surface area contributed by atoms with Gasteiger partial charge in [-0.3, -0.25) is 9.59 Å². The van der Waals surface area contributed by atoms with E-state index in [1.54, 1.807) is 6.07 Å². The molecule has 0 saturated carbocycles. The third-order valence-corrected chi connectivity index (χ3v) is 4.47. The fourth-order valence-electron chi connectivity index (χ4n) is 3.19. The van der Waals surface area contributed by atoms with Crippen LogP contribution in [0, 0.1) is 0 Å². The van der Waals surface area contributed by atoms with Crippen LogP contribution in [0.1, 0.15) is 35.3 Å². The van der Waals surface area contributed by atoms with Crippen molar-refractivity contribution in [3.63, 3.8) is 0 Å². The summed E-state index contributed by atoms with van der Waals surface area (Å²) in [5.41, 5.74) is 5.18. The van der Waals surface area contributed by atoms with Crippen LogP contribution in [0.4, 0.5) is 0 Å². The maximum atomic E-state index is 12.2. The Morgan fingerprint density at radius 2 is 1.74 bits per heavy atom. The molecule has 0 radical (unpaired) electrons. The molecule has 1 N–H and O–H groups in total. The lowest BCUT2D eigenvalue weighted by atomic mass is 9.82. The van der Waals surface area contributed by atoms with Crippen LogP contribution in [0.15, 0.2) is 42.5 Å². The monoisotopic (exact) mass is 309 g/mol. The van der Waals surface area contributed by atoms with Gasteiger partial charge < -0.3 is 10.1 Å². The van der Waals surface area contributed by atoms with E-state index in [-0.39, 0.29) is 17.9 Å². The van der Waals surface area contributed by atoms with Gasteiger partial charge in [-0.15, -0.1) is 0 Å². The van der Waals surface area contributed by atoms with Gasteiger partial charge in [0, 0.05) is 11.0 Å². The molecule has 0 fully saturated rings. The summed E-state index contributed by atoms with van der Waals surface area (Å²) in [7, 11) is 1.29. The molecule has 0 aromatic heterocycles. The SMILES string of the molecule is COC(=O)CNC(=O)c1ccc2c(c1)-c1ccccc1C2(C)C. The van der Waals surface area contributed by atoms with Crippen molar-refractivity contribution >= 4 is 11.9 Å². The van der Waals surface area contributed by atoms with Crippen LogP contribution >= 0.6 is 0 Å². The molecule has 2 aromatic carbocycles. The minimum Gasteiger partial charge on any atom is -0.468 e. The first kappa shape index (κ1) is 15.3. The van der Waals surface area contributed by atoms with E-state index in [1.807, 2.05) is 24.3 Å². The Balaban J connectivity index is 1.96. The first-order valence-electron chi connectivity index (χ1n) is 7.54. The van der Waals surface area contributed by atoms with Gasteiger partial charge in [0.15, 0.2) is 0 Å². The number of hydrogen-bond acceptors (Lipinski definition) is 3. The summed E-state index contributed by atoms with van der Waals surface area (Å²) in [6.45, 7) is 4.25. The number of esters is 1. The van der Waals surface area contributed by atoms with Crippen LogP contribution in [0.5, 0.6) is 0 Å². The van der Waals surface area contributed by atoms with E-state index < -0.39 is 5.97 Å². The molecule has 4 heteroatoms. The second-order valence-corrected chi connectivity index (χ2v) is 6.19. The number of ether oxygens (including phenoxy) is 1. The predicted octanol–water partition coefficient (Wildman–Crippen LogP) is 2.90. The molecule has 1 amide bonds. The van der Waals surface area contributed by atoms with Gasteiger partial charge in [-0.1, -0.05) is 44.2 Å². The molecule has 0 heterocycles. The maximum absolute atomic E-state index is 12.2. The van der Waals surface area contributed by atoms with Crippen LogP contribution in [-0.4, -0.2) is 25.5 Å². The van der Waals surface area contributed by atoms with Gasteiger partial charge in [-0.05, 0) is 34.4 Å². The molecule has 2 aromatic rings. The van der Waals surface area contributed by atoms with Gasteiger partial charge in [0.05, 0.1) is 7.11 Å². The van der Waals surface area contributed by atoms with Crippen LogP contribution in [0.25, 0.3) is 11.1 Å². The Hall–Kier alpha value is -2.62. The summed E-state index contributed by atoms with van der Waals surface area (Å²) >= 11 is 0. The smallest absolute Gasteiger partial charge is 0.325 e. The van der Waals surface area contributed by atoms with Crippen molar-refractivity contribution in [2.45, 2.75) is 19.3 Å². The lowest BCUT2D eigenvalue weighted by Crippen LogP contribution is -2.30. The van der Waals surface area contributed by atoms with E-state index in [9.17, 15) is 9.59 Å². The average Bonchev–Trinajstić information content (AvgIpc) is 2.80. The van der Waals surface area contributed by atoms with Gasteiger partial charge in [0.25, 0.3) is 5.91 Å². The van der Waals surface area contributed by atoms with Crippen molar-refractivity contribution in [3.05, 3.63) is 59.2 Å². The highest BCUT2D eigenvalue weighted by atomic mass is 16.5. The highest BCUT2D eigenvalue weighted by Gasteiger charge is 2.35. The van der Waals surface area contributed by atoms with Gasteiger partial charge in [-0.2, -0.15) is 0 Å². The summed E-state index contributed by atoms with van der Waals surface area (Å²) in [6, 6.07) is 14.0. The van der Waals surface area contributed by atoms with Crippen LogP contribution < -0.4 is 5.32 Å². The fourth-order valence-corrected chi connectivity index (χ4v) is 3.19. The minimum atomic E-state index is -0.467. The number of nitrogens with one attached hydrogen (secondary N) is 1. The summed E-state index contributed by atoms with van der Waals surface area (Å²) in [5, 5.41) is 2.57. The number of carbonyl (C=O) groups excluding carboxylic acids is 2. The maximum Gasteiger partial charge on any atom is 0.325 e. The Morgan fingerprint density at radius 3 is 2.48 bits per heavy atom. The molecule has 0 bridgehead atoms. The first-order valence-corrected chi connectivity index (χ1v) is 7.54. The quantitative estimate of drug-likeness (QED) is 0.887. The zero-order chi connectivity index (χ0) is 16.6. The van der Waals surface area contributed by atoms with Crippen molar-refractivity contribution in [2.75, 3.05) is 13.7 Å². The molecule has 23 heavy (non-hydrogen) atoms. The highest BCUT2D eigenvalue weighted by molar-refractivity contribution is 5.98. The molecule has 1 aliphatic carbocycles. The lowest BCUT2D eigenvalue weighted by molar-refractivity contribution is -0.139. The van der Waals surface area contributed by atoms with Gasteiger partial charge >= 0.3 is 5.97 Å². The molecule has 118 valence electrons. The standard InChI is InChI=1S/C19H19NO3/c1-19(2)15-7-5-4-6-13(15)14-10-12(8-9-16(14)19)18(22)20-11-17(21)23-3/h4-10H,11H2,1-3H3,(H,20,22). The molecule has 0 unspecified atom stereocenters. The summed E-state index contributed by atoms with van der Waals surface area (Å²) in [4.78, 5) is 23.4.